The highest BCUT2D eigenvalue weighted by Crippen LogP contribution is 2.19. The molecule has 25 heavy (non-hydrogen) atoms. The lowest BCUT2D eigenvalue weighted by atomic mass is 10.0. The molecule has 3 nitrogen and oxygen atoms in total. The second kappa shape index (κ2) is 8.49. The van der Waals surface area contributed by atoms with Crippen LogP contribution in [0.3, 0.4) is 0 Å². The Labute approximate surface area is 156 Å². The summed E-state index contributed by atoms with van der Waals surface area (Å²) in [6, 6.07) is 25.9. The Balaban J connectivity index is 1.63. The van der Waals surface area contributed by atoms with Gasteiger partial charge in [-0.2, -0.15) is 0 Å². The molecule has 1 amide bonds. The zero-order valence-electron chi connectivity index (χ0n) is 13.7. The highest BCUT2D eigenvalue weighted by Gasteiger charge is 2.07. The summed E-state index contributed by atoms with van der Waals surface area (Å²) in [5, 5.41) is 6.14. The van der Waals surface area contributed by atoms with Gasteiger partial charge in [-0.15, -0.1) is 0 Å². The molecule has 0 heterocycles. The van der Waals surface area contributed by atoms with E-state index in [1.807, 2.05) is 66.7 Å². The van der Waals surface area contributed by atoms with Crippen molar-refractivity contribution >= 4 is 33.2 Å². The number of carbonyl (C=O) groups is 1. The van der Waals surface area contributed by atoms with Crippen molar-refractivity contribution in [3.8, 4) is 0 Å². The topological polar surface area (TPSA) is 41.1 Å². The van der Waals surface area contributed by atoms with E-state index in [2.05, 4.69) is 38.7 Å². The van der Waals surface area contributed by atoms with Gasteiger partial charge in [-0.1, -0.05) is 70.5 Å². The molecule has 0 aliphatic rings. The number of halogens is 1. The number of benzene rings is 3. The van der Waals surface area contributed by atoms with Crippen molar-refractivity contribution in [3.63, 3.8) is 0 Å². The Morgan fingerprint density at radius 1 is 0.880 bits per heavy atom. The van der Waals surface area contributed by atoms with Gasteiger partial charge in [-0.05, 0) is 41.8 Å². The number of anilines is 2. The maximum atomic E-state index is 12.3. The zero-order chi connectivity index (χ0) is 17.5. The Hall–Kier alpha value is -2.59. The molecule has 3 rings (SSSR count). The van der Waals surface area contributed by atoms with Crippen molar-refractivity contribution in [2.24, 2.45) is 0 Å². The molecule has 0 saturated carbocycles. The summed E-state index contributed by atoms with van der Waals surface area (Å²) in [4.78, 5) is 12.3. The maximum Gasteiger partial charge on any atom is 0.243 e. The number of hydrogen-bond acceptors (Lipinski definition) is 2. The van der Waals surface area contributed by atoms with E-state index >= 15 is 0 Å². The SMILES string of the molecule is O=C(CNc1cccc(Br)c1)Nc1ccccc1Cc1ccccc1. The second-order valence-electron chi connectivity index (χ2n) is 5.73. The van der Waals surface area contributed by atoms with Crippen LogP contribution < -0.4 is 10.6 Å². The van der Waals surface area contributed by atoms with Gasteiger partial charge in [0, 0.05) is 15.8 Å². The highest BCUT2D eigenvalue weighted by molar-refractivity contribution is 9.10. The van der Waals surface area contributed by atoms with Crippen molar-refractivity contribution in [2.45, 2.75) is 6.42 Å². The third-order valence-corrected chi connectivity index (χ3v) is 4.30. The average molecular weight is 395 g/mol. The summed E-state index contributed by atoms with van der Waals surface area (Å²) in [7, 11) is 0. The molecule has 0 bridgehead atoms. The van der Waals surface area contributed by atoms with Crippen LogP contribution in [0, 0.1) is 0 Å². The number of carbonyl (C=O) groups excluding carboxylic acids is 1. The molecule has 4 heteroatoms. The van der Waals surface area contributed by atoms with Gasteiger partial charge in [0.1, 0.15) is 0 Å². The number of rotatable bonds is 6. The standard InChI is InChI=1S/C21H19BrN2O/c22-18-10-6-11-19(14-18)23-15-21(25)24-20-12-5-4-9-17(20)13-16-7-2-1-3-8-16/h1-12,14,23H,13,15H2,(H,24,25). The van der Waals surface area contributed by atoms with Crippen LogP contribution in [0.25, 0.3) is 0 Å². The molecular weight excluding hydrogens is 376 g/mol. The van der Waals surface area contributed by atoms with E-state index in [0.717, 1.165) is 27.8 Å². The molecule has 2 N–H and O–H groups in total. The maximum absolute atomic E-state index is 12.3. The van der Waals surface area contributed by atoms with Crippen molar-refractivity contribution in [1.29, 1.82) is 0 Å². The fraction of sp³-hybridized carbons (Fsp3) is 0.0952. The first-order valence-electron chi connectivity index (χ1n) is 8.12. The van der Waals surface area contributed by atoms with E-state index in [1.165, 1.54) is 5.56 Å². The molecular formula is C21H19BrN2O. The molecule has 0 saturated heterocycles. The van der Waals surface area contributed by atoms with Crippen LogP contribution in [0.15, 0.2) is 83.3 Å². The summed E-state index contributed by atoms with van der Waals surface area (Å²) in [6.45, 7) is 0.218. The van der Waals surface area contributed by atoms with E-state index in [-0.39, 0.29) is 12.5 Å². The molecule has 0 radical (unpaired) electrons. The minimum absolute atomic E-state index is 0.0690. The number of nitrogens with one attached hydrogen (secondary N) is 2. The van der Waals surface area contributed by atoms with E-state index in [4.69, 9.17) is 0 Å². The van der Waals surface area contributed by atoms with Crippen LogP contribution in [0.2, 0.25) is 0 Å². The molecule has 0 aliphatic heterocycles. The lowest BCUT2D eigenvalue weighted by Crippen LogP contribution is -2.22. The molecule has 0 fully saturated rings. The Bertz CT molecular complexity index is 849. The van der Waals surface area contributed by atoms with Gasteiger partial charge in [0.15, 0.2) is 0 Å². The predicted molar refractivity (Wildman–Crippen MR) is 107 cm³/mol. The van der Waals surface area contributed by atoms with Crippen LogP contribution in [0.4, 0.5) is 11.4 Å². The Kier molecular flexibility index (Phi) is 5.86. The number of hydrogen-bond donors (Lipinski definition) is 2. The van der Waals surface area contributed by atoms with E-state index < -0.39 is 0 Å². The third kappa shape index (κ3) is 5.19. The molecule has 126 valence electrons. The van der Waals surface area contributed by atoms with Crippen LogP contribution in [0.5, 0.6) is 0 Å². The lowest BCUT2D eigenvalue weighted by Gasteiger charge is -2.12. The van der Waals surface area contributed by atoms with Crippen LogP contribution >= 0.6 is 15.9 Å². The van der Waals surface area contributed by atoms with Gasteiger partial charge < -0.3 is 10.6 Å². The Morgan fingerprint density at radius 3 is 2.44 bits per heavy atom. The average Bonchev–Trinajstić information content (AvgIpc) is 2.63. The molecule has 3 aromatic carbocycles. The van der Waals surface area contributed by atoms with Crippen molar-refractivity contribution < 1.29 is 4.79 Å². The fourth-order valence-electron chi connectivity index (χ4n) is 2.59. The number of para-hydroxylation sites is 1. The highest BCUT2D eigenvalue weighted by atomic mass is 79.9. The van der Waals surface area contributed by atoms with E-state index in [9.17, 15) is 4.79 Å². The van der Waals surface area contributed by atoms with Crippen LogP contribution in [0.1, 0.15) is 11.1 Å². The summed E-state index contributed by atoms with van der Waals surface area (Å²) in [6.07, 6.45) is 0.788. The lowest BCUT2D eigenvalue weighted by molar-refractivity contribution is -0.114. The minimum atomic E-state index is -0.0690. The molecule has 0 aromatic heterocycles. The molecule has 0 spiro atoms. The fourth-order valence-corrected chi connectivity index (χ4v) is 2.99. The second-order valence-corrected chi connectivity index (χ2v) is 6.65. The summed E-state index contributed by atoms with van der Waals surface area (Å²) in [5.74, 6) is -0.0690. The van der Waals surface area contributed by atoms with Crippen LogP contribution in [-0.2, 0) is 11.2 Å². The first-order valence-corrected chi connectivity index (χ1v) is 8.91. The Morgan fingerprint density at radius 2 is 1.64 bits per heavy atom. The molecule has 3 aromatic rings. The van der Waals surface area contributed by atoms with Crippen molar-refractivity contribution in [2.75, 3.05) is 17.2 Å². The monoisotopic (exact) mass is 394 g/mol. The number of amides is 1. The van der Waals surface area contributed by atoms with Crippen molar-refractivity contribution in [1.82, 2.24) is 0 Å². The summed E-state index contributed by atoms with van der Waals surface area (Å²) in [5.41, 5.74) is 4.08. The summed E-state index contributed by atoms with van der Waals surface area (Å²) >= 11 is 3.42. The predicted octanol–water partition coefficient (Wildman–Crippen LogP) is 5.09. The first-order chi connectivity index (χ1) is 12.2. The van der Waals surface area contributed by atoms with Gasteiger partial charge >= 0.3 is 0 Å². The zero-order valence-corrected chi connectivity index (χ0v) is 15.3. The van der Waals surface area contributed by atoms with Gasteiger partial charge in [0.25, 0.3) is 0 Å². The largest absolute Gasteiger partial charge is 0.376 e. The van der Waals surface area contributed by atoms with E-state index in [0.29, 0.717) is 0 Å². The quantitative estimate of drug-likeness (QED) is 0.611. The molecule has 0 atom stereocenters. The van der Waals surface area contributed by atoms with Gasteiger partial charge in [0.05, 0.1) is 6.54 Å². The molecule has 0 aliphatic carbocycles. The minimum Gasteiger partial charge on any atom is -0.376 e. The summed E-state index contributed by atoms with van der Waals surface area (Å²) < 4.78 is 0.978. The normalized spacial score (nSPS) is 10.3. The third-order valence-electron chi connectivity index (χ3n) is 3.81. The van der Waals surface area contributed by atoms with Crippen molar-refractivity contribution in [3.05, 3.63) is 94.5 Å². The first kappa shape index (κ1) is 17.2. The van der Waals surface area contributed by atoms with Gasteiger partial charge in [0.2, 0.25) is 5.91 Å². The van der Waals surface area contributed by atoms with Gasteiger partial charge in [-0.25, -0.2) is 0 Å². The smallest absolute Gasteiger partial charge is 0.243 e. The molecule has 0 unspecified atom stereocenters. The van der Waals surface area contributed by atoms with E-state index in [1.54, 1.807) is 0 Å². The van der Waals surface area contributed by atoms with Gasteiger partial charge in [-0.3, -0.25) is 4.79 Å². The van der Waals surface area contributed by atoms with Crippen LogP contribution in [-0.4, -0.2) is 12.5 Å².